The molecule has 7 aromatic rings. The van der Waals surface area contributed by atoms with Crippen LogP contribution in [0.25, 0.3) is 61.4 Å². The van der Waals surface area contributed by atoms with Crippen molar-refractivity contribution in [2.24, 2.45) is 0 Å². The maximum atomic E-state index is 11.5. The van der Waals surface area contributed by atoms with E-state index in [0.717, 1.165) is 55.6 Å². The van der Waals surface area contributed by atoms with Gasteiger partial charge in [-0.25, -0.2) is 4.98 Å². The highest BCUT2D eigenvalue weighted by molar-refractivity contribution is 5.99. The summed E-state index contributed by atoms with van der Waals surface area (Å²) in [7, 11) is 0. The van der Waals surface area contributed by atoms with Gasteiger partial charge in [-0.1, -0.05) is 119 Å². The third kappa shape index (κ3) is 6.93. The highest BCUT2D eigenvalue weighted by Crippen LogP contribution is 2.43. The molecule has 0 aliphatic rings. The van der Waals surface area contributed by atoms with Crippen LogP contribution in [0.15, 0.2) is 103 Å². The van der Waals surface area contributed by atoms with Crippen LogP contribution >= 0.6 is 0 Å². The second kappa shape index (κ2) is 12.9. The zero-order valence-corrected chi connectivity index (χ0v) is 34.1. The van der Waals surface area contributed by atoms with Gasteiger partial charge in [0.15, 0.2) is 0 Å². The molecule has 0 fully saturated rings. The number of phenolic OH excluding ortho intramolecular Hbond substituents is 1. The van der Waals surface area contributed by atoms with Crippen LogP contribution in [0.2, 0.25) is 0 Å². The van der Waals surface area contributed by atoms with E-state index < -0.39 is 0 Å². The molecule has 276 valence electrons. The predicted octanol–water partition coefficient (Wildman–Crippen LogP) is 12.9. The highest BCUT2D eigenvalue weighted by Gasteiger charge is 2.26. The van der Waals surface area contributed by atoms with Gasteiger partial charge in [0.05, 0.1) is 27.6 Å². The molecule has 0 atom stereocenters. The molecule has 0 radical (unpaired) electrons. The van der Waals surface area contributed by atoms with E-state index in [9.17, 15) is 5.11 Å². The van der Waals surface area contributed by atoms with Crippen molar-refractivity contribution in [1.29, 1.82) is 0 Å². The molecule has 0 amide bonds. The number of imidazole rings is 1. The molecule has 5 nitrogen and oxygen atoms in total. The van der Waals surface area contributed by atoms with Crippen LogP contribution in [-0.4, -0.2) is 24.6 Å². The number of hydrogen-bond acceptors (Lipinski definition) is 4. The van der Waals surface area contributed by atoms with E-state index in [-0.39, 0.29) is 27.4 Å². The van der Waals surface area contributed by atoms with Gasteiger partial charge in [-0.3, -0.25) is 14.5 Å². The van der Waals surface area contributed by atoms with Crippen LogP contribution in [-0.2, 0) is 21.7 Å². The Balaban J connectivity index is 1.55. The molecule has 0 aliphatic carbocycles. The molecular formula is C49H54N4O. The Bertz CT molecular complexity index is 2530. The summed E-state index contributed by atoms with van der Waals surface area (Å²) < 4.78 is 2.24. The lowest BCUT2D eigenvalue weighted by molar-refractivity contribution is 0.475. The van der Waals surface area contributed by atoms with Crippen LogP contribution in [0.4, 0.5) is 0 Å². The average Bonchev–Trinajstić information content (AvgIpc) is 3.49. The van der Waals surface area contributed by atoms with Crippen LogP contribution in [0.3, 0.4) is 0 Å². The molecule has 5 aromatic carbocycles. The first kappa shape index (κ1) is 37.0. The van der Waals surface area contributed by atoms with Crippen LogP contribution < -0.4 is 0 Å². The monoisotopic (exact) mass is 714 g/mol. The Morgan fingerprint density at radius 3 is 1.59 bits per heavy atom. The molecule has 0 aliphatic heterocycles. The Kier molecular flexibility index (Phi) is 8.87. The summed E-state index contributed by atoms with van der Waals surface area (Å²) in [4.78, 5) is 15.0. The molecule has 0 saturated carbocycles. The zero-order chi connectivity index (χ0) is 39.0. The maximum Gasteiger partial charge on any atom is 0.149 e. The summed E-state index contributed by atoms with van der Waals surface area (Å²) in [6.07, 6.45) is 3.54. The van der Waals surface area contributed by atoms with E-state index >= 15 is 0 Å². The molecule has 54 heavy (non-hydrogen) atoms. The minimum Gasteiger partial charge on any atom is -0.507 e. The van der Waals surface area contributed by atoms with Crippen LogP contribution in [0, 0.1) is 0 Å². The molecule has 0 unspecified atom stereocenters. The van der Waals surface area contributed by atoms with Crippen LogP contribution in [0.5, 0.6) is 5.75 Å². The van der Waals surface area contributed by atoms with Crippen molar-refractivity contribution in [3.05, 3.63) is 126 Å². The van der Waals surface area contributed by atoms with Crippen molar-refractivity contribution in [2.75, 3.05) is 0 Å². The van der Waals surface area contributed by atoms with Gasteiger partial charge >= 0.3 is 0 Å². The number of hydrogen-bond donors (Lipinski definition) is 1. The predicted molar refractivity (Wildman–Crippen MR) is 227 cm³/mol. The molecule has 7 rings (SSSR count). The largest absolute Gasteiger partial charge is 0.507 e. The van der Waals surface area contributed by atoms with E-state index in [1.165, 1.54) is 16.7 Å². The summed E-state index contributed by atoms with van der Waals surface area (Å²) in [6.45, 7) is 26.8. The number of benzene rings is 5. The number of aromatic nitrogens is 4. The zero-order valence-electron chi connectivity index (χ0n) is 34.1. The van der Waals surface area contributed by atoms with Crippen molar-refractivity contribution in [2.45, 2.75) is 105 Å². The number of fused-ring (bicyclic) bond motifs is 2. The molecule has 0 saturated heterocycles. The maximum absolute atomic E-state index is 11.5. The first-order valence-corrected chi connectivity index (χ1v) is 19.1. The Morgan fingerprint density at radius 1 is 0.481 bits per heavy atom. The lowest BCUT2D eigenvalue weighted by Crippen LogP contribution is -2.12. The summed E-state index contributed by atoms with van der Waals surface area (Å²) >= 11 is 0. The van der Waals surface area contributed by atoms with Gasteiger partial charge < -0.3 is 5.11 Å². The SMILES string of the molecule is CC(C)(C)c1ccc(-n2c(-c3cc(C(C)(C)C)ccc3O)nc3c(-c4cccc(-c5cc(C(C)(C)C)cc6nccnc56)c4)cc(C(C)(C)C)cc32)cc1. The van der Waals surface area contributed by atoms with Gasteiger partial charge in [0, 0.05) is 29.2 Å². The average molecular weight is 715 g/mol. The fraction of sp³-hybridized carbons (Fsp3) is 0.327. The fourth-order valence-electron chi connectivity index (χ4n) is 7.15. The highest BCUT2D eigenvalue weighted by atomic mass is 16.3. The van der Waals surface area contributed by atoms with E-state index in [1.807, 2.05) is 12.1 Å². The Morgan fingerprint density at radius 2 is 1.00 bits per heavy atom. The number of aromatic hydroxyl groups is 1. The number of rotatable bonds is 4. The smallest absolute Gasteiger partial charge is 0.149 e. The minimum absolute atomic E-state index is 0.0125. The Hall–Kier alpha value is -5.29. The van der Waals surface area contributed by atoms with Gasteiger partial charge in [-0.15, -0.1) is 0 Å². The van der Waals surface area contributed by atoms with Crippen molar-refractivity contribution in [3.63, 3.8) is 0 Å². The summed E-state index contributed by atoms with van der Waals surface area (Å²) in [5.74, 6) is 0.914. The van der Waals surface area contributed by atoms with Crippen molar-refractivity contribution in [3.8, 4) is 45.1 Å². The Labute approximate surface area is 321 Å². The summed E-state index contributed by atoms with van der Waals surface area (Å²) in [5, 5.41) is 11.5. The first-order valence-electron chi connectivity index (χ1n) is 19.1. The molecule has 2 aromatic heterocycles. The van der Waals surface area contributed by atoms with Crippen molar-refractivity contribution >= 4 is 22.1 Å². The fourth-order valence-corrected chi connectivity index (χ4v) is 7.15. The molecule has 5 heteroatoms. The lowest BCUT2D eigenvalue weighted by atomic mass is 9.83. The second-order valence-electron chi connectivity index (χ2n) is 19.0. The van der Waals surface area contributed by atoms with Gasteiger partial charge in [0.25, 0.3) is 0 Å². The van der Waals surface area contributed by atoms with E-state index in [4.69, 9.17) is 15.0 Å². The third-order valence-corrected chi connectivity index (χ3v) is 10.6. The normalized spacial score (nSPS) is 12.9. The summed E-state index contributed by atoms with van der Waals surface area (Å²) in [6, 6.07) is 32.5. The van der Waals surface area contributed by atoms with E-state index in [2.05, 4.69) is 167 Å². The molecule has 2 heterocycles. The quantitative estimate of drug-likeness (QED) is 0.197. The summed E-state index contributed by atoms with van der Waals surface area (Å²) in [5.41, 5.74) is 14.1. The van der Waals surface area contributed by atoms with Gasteiger partial charge in [-0.2, -0.15) is 0 Å². The topological polar surface area (TPSA) is 63.8 Å². The lowest BCUT2D eigenvalue weighted by Gasteiger charge is -2.22. The van der Waals surface area contributed by atoms with Crippen molar-refractivity contribution in [1.82, 2.24) is 19.5 Å². The molecular weight excluding hydrogens is 661 g/mol. The molecule has 0 spiro atoms. The molecule has 0 bridgehead atoms. The van der Waals surface area contributed by atoms with Gasteiger partial charge in [0.1, 0.15) is 11.6 Å². The van der Waals surface area contributed by atoms with Gasteiger partial charge in [0.2, 0.25) is 0 Å². The van der Waals surface area contributed by atoms with Crippen molar-refractivity contribution < 1.29 is 5.11 Å². The van der Waals surface area contributed by atoms with Crippen LogP contribution in [0.1, 0.15) is 105 Å². The second-order valence-corrected chi connectivity index (χ2v) is 19.0. The standard InChI is InChI=1S/C49H54N4O/c1-46(2,3)32-16-19-36(20-17-32)53-41-29-35(49(10,11)12)27-38(44(41)52-45(53)39-25-33(47(4,5)6)18-21-42(39)54)31-15-13-14-30(24-31)37-26-34(48(7,8)9)28-40-43(37)51-23-22-50-40/h13-29,54H,1-12H3. The van der Waals surface area contributed by atoms with E-state index in [0.29, 0.717) is 11.4 Å². The minimum atomic E-state index is -0.146. The number of nitrogens with zero attached hydrogens (tertiary/aromatic N) is 4. The van der Waals surface area contributed by atoms with Gasteiger partial charge in [-0.05, 0) is 110 Å². The molecule has 1 N–H and O–H groups in total. The number of phenols is 1. The first-order chi connectivity index (χ1) is 25.2. The van der Waals surface area contributed by atoms with E-state index in [1.54, 1.807) is 12.4 Å². The third-order valence-electron chi connectivity index (χ3n) is 10.6.